The highest BCUT2D eigenvalue weighted by molar-refractivity contribution is 5.94. The molecule has 1 N–H and O–H groups in total. The van der Waals surface area contributed by atoms with Crippen molar-refractivity contribution in [3.8, 4) is 5.75 Å². The molecule has 0 aliphatic heterocycles. The van der Waals surface area contributed by atoms with Crippen molar-refractivity contribution in [2.75, 3.05) is 0 Å². The van der Waals surface area contributed by atoms with Crippen molar-refractivity contribution in [3.63, 3.8) is 0 Å². The molecule has 0 unspecified atom stereocenters. The number of halogens is 3. The number of nitrogens with one attached hydrogen (secondary N) is 1. The van der Waals surface area contributed by atoms with Crippen molar-refractivity contribution in [2.45, 2.75) is 39.1 Å². The van der Waals surface area contributed by atoms with E-state index in [0.29, 0.717) is 5.56 Å². The predicted molar refractivity (Wildman–Crippen MR) is 65.0 cm³/mol. The lowest BCUT2D eigenvalue weighted by Crippen LogP contribution is -2.33. The van der Waals surface area contributed by atoms with E-state index in [1.165, 1.54) is 12.1 Å². The van der Waals surface area contributed by atoms with Crippen LogP contribution in [0.1, 0.15) is 37.0 Å². The Balaban J connectivity index is 2.68. The summed E-state index contributed by atoms with van der Waals surface area (Å²) in [5.74, 6) is -0.640. The van der Waals surface area contributed by atoms with Gasteiger partial charge in [0, 0.05) is 11.6 Å². The van der Waals surface area contributed by atoms with Crippen LogP contribution in [0.5, 0.6) is 5.75 Å². The van der Waals surface area contributed by atoms with Gasteiger partial charge in [-0.15, -0.1) is 13.2 Å². The second-order valence-corrected chi connectivity index (χ2v) is 4.06. The fourth-order valence-electron chi connectivity index (χ4n) is 1.57. The maximum atomic E-state index is 12.0. The fourth-order valence-corrected chi connectivity index (χ4v) is 1.57. The van der Waals surface area contributed by atoms with E-state index in [1.807, 2.05) is 13.8 Å². The molecule has 0 aliphatic rings. The van der Waals surface area contributed by atoms with Crippen molar-refractivity contribution >= 4 is 5.91 Å². The van der Waals surface area contributed by atoms with Crippen LogP contribution < -0.4 is 10.1 Å². The molecular weight excluding hydrogens is 259 g/mol. The number of ether oxygens (including phenoxy) is 1. The molecule has 6 heteroatoms. The third-order valence-electron chi connectivity index (χ3n) is 2.67. The van der Waals surface area contributed by atoms with Gasteiger partial charge < -0.3 is 10.1 Å². The quantitative estimate of drug-likeness (QED) is 0.893. The van der Waals surface area contributed by atoms with Crippen LogP contribution in [0.3, 0.4) is 0 Å². The first-order valence-electron chi connectivity index (χ1n) is 6.02. The van der Waals surface area contributed by atoms with E-state index >= 15 is 0 Å². The lowest BCUT2D eigenvalue weighted by Gasteiger charge is -2.15. The molecule has 0 bridgehead atoms. The van der Waals surface area contributed by atoms with Crippen molar-refractivity contribution in [1.82, 2.24) is 5.32 Å². The Hall–Kier alpha value is -1.72. The molecule has 106 valence electrons. The molecular formula is C13H16F3NO2. The van der Waals surface area contributed by atoms with Crippen LogP contribution in [0.15, 0.2) is 24.3 Å². The van der Waals surface area contributed by atoms with Gasteiger partial charge in [-0.25, -0.2) is 0 Å². The van der Waals surface area contributed by atoms with Crippen LogP contribution >= 0.6 is 0 Å². The van der Waals surface area contributed by atoms with Crippen LogP contribution in [0.4, 0.5) is 13.2 Å². The van der Waals surface area contributed by atoms with Gasteiger partial charge >= 0.3 is 6.36 Å². The summed E-state index contributed by atoms with van der Waals surface area (Å²) in [5, 5.41) is 2.80. The van der Waals surface area contributed by atoms with Crippen molar-refractivity contribution < 1.29 is 22.7 Å². The number of amides is 1. The molecule has 19 heavy (non-hydrogen) atoms. The third kappa shape index (κ3) is 5.19. The van der Waals surface area contributed by atoms with Gasteiger partial charge in [0.1, 0.15) is 5.75 Å². The maximum Gasteiger partial charge on any atom is 0.573 e. The van der Waals surface area contributed by atoms with Crippen molar-refractivity contribution in [2.24, 2.45) is 0 Å². The number of carbonyl (C=O) groups is 1. The number of benzene rings is 1. The van der Waals surface area contributed by atoms with Gasteiger partial charge in [-0.05, 0) is 37.1 Å². The van der Waals surface area contributed by atoms with Crippen LogP contribution in [-0.4, -0.2) is 18.3 Å². The first-order chi connectivity index (χ1) is 8.85. The lowest BCUT2D eigenvalue weighted by molar-refractivity contribution is -0.274. The summed E-state index contributed by atoms with van der Waals surface area (Å²) in [7, 11) is 0. The molecule has 3 nitrogen and oxygen atoms in total. The van der Waals surface area contributed by atoms with Gasteiger partial charge in [0.25, 0.3) is 5.91 Å². The summed E-state index contributed by atoms with van der Waals surface area (Å²) in [6.07, 6.45) is -3.12. The summed E-state index contributed by atoms with van der Waals surface area (Å²) in [6, 6.07) is 4.92. The van der Waals surface area contributed by atoms with Gasteiger partial charge in [-0.1, -0.05) is 13.8 Å². The monoisotopic (exact) mass is 275 g/mol. The normalized spacial score (nSPS) is 11.5. The maximum absolute atomic E-state index is 12.0. The van der Waals surface area contributed by atoms with Gasteiger partial charge in [-0.2, -0.15) is 0 Å². The molecule has 1 amide bonds. The zero-order valence-electron chi connectivity index (χ0n) is 10.8. The molecule has 0 fully saturated rings. The Bertz CT molecular complexity index is 411. The van der Waals surface area contributed by atoms with Gasteiger partial charge in [0.15, 0.2) is 0 Å². The average Bonchev–Trinajstić information content (AvgIpc) is 2.34. The van der Waals surface area contributed by atoms with E-state index in [4.69, 9.17) is 0 Å². The van der Waals surface area contributed by atoms with Crippen LogP contribution in [0, 0.1) is 0 Å². The van der Waals surface area contributed by atoms with Gasteiger partial charge in [-0.3, -0.25) is 4.79 Å². The van der Waals surface area contributed by atoms with Gasteiger partial charge in [0.05, 0.1) is 0 Å². The Morgan fingerprint density at radius 3 is 2.16 bits per heavy atom. The molecule has 0 saturated heterocycles. The second-order valence-electron chi connectivity index (χ2n) is 4.06. The second kappa shape index (κ2) is 6.45. The SMILES string of the molecule is CCC(CC)NC(=O)c1ccc(OC(F)(F)F)cc1. The summed E-state index contributed by atoms with van der Waals surface area (Å²) < 4.78 is 39.6. The highest BCUT2D eigenvalue weighted by atomic mass is 19.4. The number of hydrogen-bond acceptors (Lipinski definition) is 2. The highest BCUT2D eigenvalue weighted by Gasteiger charge is 2.31. The summed E-state index contributed by atoms with van der Waals surface area (Å²) in [4.78, 5) is 11.8. The van der Waals surface area contributed by atoms with Crippen molar-refractivity contribution in [1.29, 1.82) is 0 Å². The molecule has 0 aliphatic carbocycles. The van der Waals surface area contributed by atoms with Crippen LogP contribution in [-0.2, 0) is 0 Å². The predicted octanol–water partition coefficient (Wildman–Crippen LogP) is 3.50. The van der Waals surface area contributed by atoms with Crippen LogP contribution in [0.25, 0.3) is 0 Å². The minimum atomic E-state index is -4.72. The van der Waals surface area contributed by atoms with E-state index in [1.54, 1.807) is 0 Å². The third-order valence-corrected chi connectivity index (χ3v) is 2.67. The molecule has 0 aromatic heterocycles. The first kappa shape index (κ1) is 15.3. The number of rotatable bonds is 5. The summed E-state index contributed by atoms with van der Waals surface area (Å²) in [6.45, 7) is 3.91. The lowest BCUT2D eigenvalue weighted by atomic mass is 10.1. The molecule has 0 heterocycles. The Labute approximate surface area is 109 Å². The molecule has 1 rings (SSSR count). The number of carbonyl (C=O) groups excluding carboxylic acids is 1. The zero-order chi connectivity index (χ0) is 14.5. The van der Waals surface area contributed by atoms with E-state index < -0.39 is 6.36 Å². The number of hydrogen-bond donors (Lipinski definition) is 1. The fraction of sp³-hybridized carbons (Fsp3) is 0.462. The largest absolute Gasteiger partial charge is 0.573 e. The summed E-state index contributed by atoms with van der Waals surface area (Å²) in [5.41, 5.74) is 0.307. The average molecular weight is 275 g/mol. The minimum absolute atomic E-state index is 0.0681. The zero-order valence-corrected chi connectivity index (χ0v) is 10.8. The molecule has 0 radical (unpaired) electrons. The summed E-state index contributed by atoms with van der Waals surface area (Å²) >= 11 is 0. The van der Waals surface area contributed by atoms with E-state index in [2.05, 4.69) is 10.1 Å². The van der Waals surface area contributed by atoms with E-state index in [-0.39, 0.29) is 17.7 Å². The Morgan fingerprint density at radius 1 is 1.21 bits per heavy atom. The molecule has 1 aromatic rings. The van der Waals surface area contributed by atoms with Crippen molar-refractivity contribution in [3.05, 3.63) is 29.8 Å². The number of alkyl halides is 3. The first-order valence-corrected chi connectivity index (χ1v) is 6.02. The standard InChI is InChI=1S/C13H16F3NO2/c1-3-10(4-2)17-12(18)9-5-7-11(8-6-9)19-13(14,15)16/h5-8,10H,3-4H2,1-2H3,(H,17,18). The van der Waals surface area contributed by atoms with E-state index in [0.717, 1.165) is 25.0 Å². The van der Waals surface area contributed by atoms with E-state index in [9.17, 15) is 18.0 Å². The Morgan fingerprint density at radius 2 is 1.74 bits per heavy atom. The molecule has 0 spiro atoms. The molecule has 0 saturated carbocycles. The molecule has 1 aromatic carbocycles. The smallest absolute Gasteiger partial charge is 0.406 e. The van der Waals surface area contributed by atoms with Crippen LogP contribution in [0.2, 0.25) is 0 Å². The minimum Gasteiger partial charge on any atom is -0.406 e. The topological polar surface area (TPSA) is 38.3 Å². The highest BCUT2D eigenvalue weighted by Crippen LogP contribution is 2.22. The molecule has 0 atom stereocenters. The van der Waals surface area contributed by atoms with Gasteiger partial charge in [0.2, 0.25) is 0 Å². The Kier molecular flexibility index (Phi) is 5.20.